The number of aromatic nitrogens is 4. The monoisotopic (exact) mass is 720 g/mol. The average Bonchev–Trinajstić information content (AvgIpc) is 3.96. The molecule has 9 nitrogen and oxygen atoms in total. The predicted molar refractivity (Wildman–Crippen MR) is 211 cm³/mol. The Hall–Kier alpha value is -4.15. The summed E-state index contributed by atoms with van der Waals surface area (Å²) in [7, 11) is 1.66. The van der Waals surface area contributed by atoms with Crippen LogP contribution in [0, 0.1) is 17.3 Å². The molecule has 2 amide bonds. The van der Waals surface area contributed by atoms with Crippen molar-refractivity contribution in [3.63, 3.8) is 0 Å². The summed E-state index contributed by atoms with van der Waals surface area (Å²) in [4.78, 5) is 47.1. The van der Waals surface area contributed by atoms with Gasteiger partial charge in [0, 0.05) is 31.2 Å². The summed E-state index contributed by atoms with van der Waals surface area (Å²) < 4.78 is 5.62. The van der Waals surface area contributed by atoms with E-state index in [9.17, 15) is 9.59 Å². The number of thiol groups is 1. The number of amides is 2. The van der Waals surface area contributed by atoms with Crippen molar-refractivity contribution in [3.05, 3.63) is 72.4 Å². The number of nitrogens with one attached hydrogen (secondary N) is 2. The molecule has 10 heteroatoms. The summed E-state index contributed by atoms with van der Waals surface area (Å²) in [5.41, 5.74) is 4.92. The molecular formula is C42H52N6O3S. The number of hydrogen-bond acceptors (Lipinski definition) is 6. The number of fused-ring (bicyclic) bond motifs is 2. The zero-order valence-electron chi connectivity index (χ0n) is 31.7. The normalized spacial score (nSPS) is 20.5. The number of hydrogen-bond donors (Lipinski definition) is 3. The Kier molecular flexibility index (Phi) is 9.31. The molecule has 3 aromatic carbocycles. The Balaban J connectivity index is 1.11. The highest BCUT2D eigenvalue weighted by atomic mass is 32.1. The molecule has 2 aliphatic rings. The first-order valence-corrected chi connectivity index (χ1v) is 19.1. The molecule has 0 aliphatic carbocycles. The lowest BCUT2D eigenvalue weighted by atomic mass is 9.79. The molecule has 2 saturated heterocycles. The van der Waals surface area contributed by atoms with Gasteiger partial charge in [0.15, 0.2) is 0 Å². The third-order valence-electron chi connectivity index (χ3n) is 12.3. The molecular weight excluding hydrogens is 669 g/mol. The van der Waals surface area contributed by atoms with Gasteiger partial charge in [-0.3, -0.25) is 9.59 Å². The van der Waals surface area contributed by atoms with Gasteiger partial charge in [-0.05, 0) is 91.6 Å². The lowest BCUT2D eigenvalue weighted by Crippen LogP contribution is -2.49. The lowest BCUT2D eigenvalue weighted by molar-refractivity contribution is -0.146. The number of ether oxygens (including phenoxy) is 1. The van der Waals surface area contributed by atoms with Crippen LogP contribution in [0.25, 0.3) is 44.2 Å². The maximum Gasteiger partial charge on any atom is 0.229 e. The van der Waals surface area contributed by atoms with Crippen LogP contribution in [0.1, 0.15) is 91.8 Å². The highest BCUT2D eigenvalue weighted by molar-refractivity contribution is 7.81. The van der Waals surface area contributed by atoms with Gasteiger partial charge in [-0.1, -0.05) is 65.0 Å². The topological polar surface area (TPSA) is 107 Å². The highest BCUT2D eigenvalue weighted by Gasteiger charge is 2.49. The van der Waals surface area contributed by atoms with E-state index < -0.39 is 15.9 Å². The first kappa shape index (κ1) is 36.2. The number of methoxy groups -OCH3 is 1. The minimum absolute atomic E-state index is 0.0717. The number of carbonyl (C=O) groups is 2. The van der Waals surface area contributed by atoms with Crippen molar-refractivity contribution in [3.8, 4) is 22.4 Å². The molecule has 3 unspecified atom stereocenters. The lowest BCUT2D eigenvalue weighted by Gasteiger charge is -2.39. The quantitative estimate of drug-likeness (QED) is 0.132. The molecule has 5 aromatic rings. The summed E-state index contributed by atoms with van der Waals surface area (Å²) in [5, 5.41) is 2.26. The number of H-pyrrole nitrogens is 2. The summed E-state index contributed by atoms with van der Waals surface area (Å²) in [6, 6.07) is 19.2. The fourth-order valence-corrected chi connectivity index (χ4v) is 8.03. The highest BCUT2D eigenvalue weighted by Crippen LogP contribution is 2.45. The van der Waals surface area contributed by atoms with Gasteiger partial charge in [0.1, 0.15) is 16.5 Å². The number of carbonyl (C=O) groups excluding carboxylic acids is 2. The van der Waals surface area contributed by atoms with E-state index in [-0.39, 0.29) is 29.7 Å². The third kappa shape index (κ3) is 6.21. The van der Waals surface area contributed by atoms with Crippen LogP contribution >= 0.6 is 12.6 Å². The molecule has 0 bridgehead atoms. The Morgan fingerprint density at radius 2 is 1.60 bits per heavy atom. The van der Waals surface area contributed by atoms with E-state index in [2.05, 4.69) is 72.3 Å². The first-order valence-electron chi connectivity index (χ1n) is 18.6. The Morgan fingerprint density at radius 3 is 2.31 bits per heavy atom. The van der Waals surface area contributed by atoms with Crippen molar-refractivity contribution in [1.29, 1.82) is 0 Å². The predicted octanol–water partition coefficient (Wildman–Crippen LogP) is 8.89. The largest absolute Gasteiger partial charge is 0.378 e. The van der Waals surface area contributed by atoms with E-state index >= 15 is 0 Å². The molecule has 3 atom stereocenters. The molecule has 0 saturated carbocycles. The van der Waals surface area contributed by atoms with Crippen molar-refractivity contribution in [2.24, 2.45) is 17.3 Å². The van der Waals surface area contributed by atoms with Crippen LogP contribution in [-0.4, -0.2) is 67.4 Å². The molecule has 2 fully saturated rings. The summed E-state index contributed by atoms with van der Waals surface area (Å²) >= 11 is 5.13. The fraction of sp³-hybridized carbons (Fsp3) is 0.476. The molecule has 274 valence electrons. The molecule has 0 spiro atoms. The molecule has 7 rings (SSSR count). The number of likely N-dealkylation sites (tertiary alicyclic amines) is 2. The van der Waals surface area contributed by atoms with Crippen LogP contribution in [0.3, 0.4) is 0 Å². The van der Waals surface area contributed by atoms with Crippen LogP contribution in [0.15, 0.2) is 60.8 Å². The molecule has 2 N–H and O–H groups in total. The fourth-order valence-electron chi connectivity index (χ4n) is 7.58. The number of imidazole rings is 2. The maximum absolute atomic E-state index is 13.7. The van der Waals surface area contributed by atoms with E-state index in [0.717, 1.165) is 88.1 Å². The van der Waals surface area contributed by atoms with Gasteiger partial charge in [-0.2, -0.15) is 0 Å². The van der Waals surface area contributed by atoms with E-state index in [1.165, 1.54) is 0 Å². The average molecular weight is 721 g/mol. The second-order valence-electron chi connectivity index (χ2n) is 16.2. The van der Waals surface area contributed by atoms with Gasteiger partial charge in [0.2, 0.25) is 11.8 Å². The van der Waals surface area contributed by atoms with E-state index in [0.29, 0.717) is 6.54 Å². The molecule has 2 aromatic heterocycles. The van der Waals surface area contributed by atoms with E-state index in [1.807, 2.05) is 56.7 Å². The second kappa shape index (κ2) is 13.4. The van der Waals surface area contributed by atoms with Crippen molar-refractivity contribution in [2.75, 3.05) is 20.2 Å². The van der Waals surface area contributed by atoms with Gasteiger partial charge in [0.25, 0.3) is 0 Å². The zero-order chi connectivity index (χ0) is 37.2. The molecule has 2 aliphatic heterocycles. The minimum atomic E-state index is -0.772. The van der Waals surface area contributed by atoms with Crippen molar-refractivity contribution >= 4 is 46.2 Å². The standard InChI is InChI=1S/C42H52N6O3S/c1-25(2)40(4,5)39(50)48-20-10-18-42(48,52)38-45-32-17-16-30(23-33(32)46-38)28-12-13-29-22-31(15-14-27(29)21-28)34-24-43-36(44-34)35-11-9-19-47(35)37(49)26(3)41(6,7)51-8/h12-17,21-26,35,52H,9-11,18-20H2,1-8H3,(H,43,44)(H,45,46). The van der Waals surface area contributed by atoms with Crippen molar-refractivity contribution in [2.45, 2.75) is 90.7 Å². The smallest absolute Gasteiger partial charge is 0.229 e. The summed E-state index contributed by atoms with van der Waals surface area (Å²) in [6.07, 6.45) is 5.35. The van der Waals surface area contributed by atoms with E-state index in [4.69, 9.17) is 27.3 Å². The number of rotatable bonds is 9. The van der Waals surface area contributed by atoms with Crippen molar-refractivity contribution in [1.82, 2.24) is 29.7 Å². The van der Waals surface area contributed by atoms with Crippen LogP contribution in [-0.2, 0) is 19.2 Å². The van der Waals surface area contributed by atoms with Gasteiger partial charge in [-0.15, -0.1) is 12.6 Å². The second-order valence-corrected chi connectivity index (χ2v) is 17.0. The first-order chi connectivity index (χ1) is 24.6. The number of benzene rings is 3. The Labute approximate surface area is 312 Å². The molecule has 52 heavy (non-hydrogen) atoms. The summed E-state index contributed by atoms with van der Waals surface area (Å²) in [6.45, 7) is 15.5. The van der Waals surface area contributed by atoms with Crippen LogP contribution in [0.5, 0.6) is 0 Å². The van der Waals surface area contributed by atoms with Gasteiger partial charge >= 0.3 is 0 Å². The van der Waals surface area contributed by atoms with Gasteiger partial charge < -0.3 is 24.5 Å². The zero-order valence-corrected chi connectivity index (χ0v) is 32.6. The Morgan fingerprint density at radius 1 is 0.923 bits per heavy atom. The van der Waals surface area contributed by atoms with Crippen molar-refractivity contribution < 1.29 is 14.3 Å². The van der Waals surface area contributed by atoms with Gasteiger partial charge in [0.05, 0.1) is 40.5 Å². The minimum Gasteiger partial charge on any atom is -0.378 e. The van der Waals surface area contributed by atoms with Gasteiger partial charge in [-0.25, -0.2) is 9.97 Å². The van der Waals surface area contributed by atoms with Crippen LogP contribution in [0.2, 0.25) is 0 Å². The molecule has 0 radical (unpaired) electrons. The maximum atomic E-state index is 13.7. The molecule has 4 heterocycles. The van der Waals surface area contributed by atoms with E-state index in [1.54, 1.807) is 7.11 Å². The number of aromatic amines is 2. The summed E-state index contributed by atoms with van der Waals surface area (Å²) in [5.74, 6) is 1.71. The number of nitrogens with zero attached hydrogens (tertiary/aromatic N) is 4. The third-order valence-corrected chi connectivity index (χ3v) is 13.0. The van der Waals surface area contributed by atoms with Crippen LogP contribution < -0.4 is 0 Å². The SMILES string of the molecule is COC(C)(C)C(C)C(=O)N1CCCC1c1ncc(-c2ccc3cc(-c4ccc5nc(C6(S)CCCN6C(=O)C(C)(C)C(C)C)[nH]c5c4)ccc3c2)[nH]1. The Bertz CT molecular complexity index is 2150. The van der Waals surface area contributed by atoms with Crippen LogP contribution in [0.4, 0.5) is 0 Å².